The number of fused-ring (bicyclic) bond motifs is 2. The number of aliphatic carboxylic acids is 1. The van der Waals surface area contributed by atoms with Crippen molar-refractivity contribution >= 4 is 23.4 Å². The predicted octanol–water partition coefficient (Wildman–Crippen LogP) is 2.58. The summed E-state index contributed by atoms with van der Waals surface area (Å²) in [5, 5.41) is 17.7. The summed E-state index contributed by atoms with van der Waals surface area (Å²) in [5.41, 5.74) is 8.53. The number of para-hydroxylation sites is 2. The fraction of sp³-hybridized carbons (Fsp3) is 0.176. The molecule has 2 aromatic carbocycles. The van der Waals surface area contributed by atoms with Crippen molar-refractivity contribution in [3.05, 3.63) is 59.7 Å². The number of urea groups is 1. The number of aliphatic hydroxyl groups is 1. The summed E-state index contributed by atoms with van der Waals surface area (Å²) in [6.45, 7) is 1.08. The van der Waals surface area contributed by atoms with Gasteiger partial charge in [-0.1, -0.05) is 36.4 Å². The maximum absolute atomic E-state index is 11.8. The zero-order valence-electron chi connectivity index (χ0n) is 12.6. The van der Waals surface area contributed by atoms with Crippen molar-refractivity contribution in [1.82, 2.24) is 0 Å². The van der Waals surface area contributed by atoms with Gasteiger partial charge in [-0.3, -0.25) is 9.69 Å². The second-order valence-corrected chi connectivity index (χ2v) is 5.10. The van der Waals surface area contributed by atoms with E-state index in [1.165, 1.54) is 4.90 Å². The molecule has 0 spiro atoms. The van der Waals surface area contributed by atoms with E-state index in [1.807, 2.05) is 42.5 Å². The van der Waals surface area contributed by atoms with Gasteiger partial charge in [0.25, 0.3) is 5.97 Å². The lowest BCUT2D eigenvalue weighted by molar-refractivity contribution is -0.134. The largest absolute Gasteiger partial charge is 0.481 e. The van der Waals surface area contributed by atoms with Gasteiger partial charge in [-0.05, 0) is 17.7 Å². The van der Waals surface area contributed by atoms with Crippen molar-refractivity contribution in [2.45, 2.75) is 19.4 Å². The van der Waals surface area contributed by atoms with Crippen LogP contribution in [0.1, 0.15) is 24.2 Å². The summed E-state index contributed by atoms with van der Waals surface area (Å²) in [5.74, 6) is -0.833. The molecule has 0 fully saturated rings. The summed E-state index contributed by atoms with van der Waals surface area (Å²) in [7, 11) is 0. The van der Waals surface area contributed by atoms with Crippen LogP contribution in [0, 0.1) is 0 Å². The molecule has 0 aromatic heterocycles. The van der Waals surface area contributed by atoms with E-state index >= 15 is 0 Å². The number of anilines is 2. The Balaban J connectivity index is 0.000000433. The number of nitrogens with two attached hydrogens (primary N) is 1. The second kappa shape index (κ2) is 6.93. The first-order valence-corrected chi connectivity index (χ1v) is 7.05. The Morgan fingerprint density at radius 1 is 1.09 bits per heavy atom. The molecule has 0 saturated heterocycles. The van der Waals surface area contributed by atoms with E-state index in [4.69, 9.17) is 15.6 Å². The number of amides is 2. The molecule has 4 N–H and O–H groups in total. The maximum atomic E-state index is 11.8. The number of primary amides is 1. The number of rotatable bonds is 0. The van der Waals surface area contributed by atoms with E-state index in [9.17, 15) is 9.90 Å². The highest BCUT2D eigenvalue weighted by Crippen LogP contribution is 2.39. The van der Waals surface area contributed by atoms with E-state index < -0.39 is 18.1 Å². The van der Waals surface area contributed by atoms with Gasteiger partial charge in [0.2, 0.25) is 0 Å². The van der Waals surface area contributed by atoms with Gasteiger partial charge < -0.3 is 15.9 Å². The van der Waals surface area contributed by atoms with Gasteiger partial charge in [-0.15, -0.1) is 0 Å². The van der Waals surface area contributed by atoms with Gasteiger partial charge in [0.1, 0.15) is 0 Å². The van der Waals surface area contributed by atoms with E-state index in [0.29, 0.717) is 12.1 Å². The number of aliphatic hydroxyl groups excluding tert-OH is 1. The molecule has 2 aromatic rings. The summed E-state index contributed by atoms with van der Waals surface area (Å²) >= 11 is 0. The smallest absolute Gasteiger partial charge is 0.323 e. The van der Waals surface area contributed by atoms with E-state index in [-0.39, 0.29) is 0 Å². The van der Waals surface area contributed by atoms with Gasteiger partial charge in [0.15, 0.2) is 0 Å². The van der Waals surface area contributed by atoms with Crippen molar-refractivity contribution in [3.8, 4) is 0 Å². The van der Waals surface area contributed by atoms with E-state index in [1.54, 1.807) is 6.07 Å². The van der Waals surface area contributed by atoms with Crippen molar-refractivity contribution in [2.24, 2.45) is 5.73 Å². The SMILES string of the molecule is CC(=O)O.NC(=O)N1c2ccccc2C[C@H](O)c2ccccc21. The predicted molar refractivity (Wildman–Crippen MR) is 86.6 cm³/mol. The first-order chi connectivity index (χ1) is 10.9. The topological polar surface area (TPSA) is 104 Å². The Hall–Kier alpha value is -2.86. The molecule has 0 bridgehead atoms. The molecular formula is C17H18N2O4. The number of benzene rings is 2. The van der Waals surface area contributed by atoms with Crippen LogP contribution in [0.3, 0.4) is 0 Å². The molecule has 6 heteroatoms. The molecule has 2 amide bonds. The maximum Gasteiger partial charge on any atom is 0.323 e. The number of hydrogen-bond acceptors (Lipinski definition) is 3. The molecule has 0 unspecified atom stereocenters. The third-order valence-electron chi connectivity index (χ3n) is 3.40. The van der Waals surface area contributed by atoms with E-state index in [0.717, 1.165) is 23.7 Å². The molecule has 23 heavy (non-hydrogen) atoms. The standard InChI is InChI=1S/C15H14N2O2.C2H4O2/c16-15(19)17-12-7-3-1-5-10(12)9-14(18)11-6-2-4-8-13(11)17;1-2(3)4/h1-8,14,18H,9H2,(H2,16,19);1H3,(H,3,4)/t14-;/m0./s1. The van der Waals surface area contributed by atoms with Gasteiger partial charge >= 0.3 is 6.03 Å². The average Bonchev–Trinajstić information content (AvgIpc) is 2.61. The Bertz CT molecular complexity index is 726. The summed E-state index contributed by atoms with van der Waals surface area (Å²) in [4.78, 5) is 22.3. The highest BCUT2D eigenvalue weighted by Gasteiger charge is 2.27. The molecule has 0 aliphatic carbocycles. The molecule has 1 aliphatic heterocycles. The summed E-state index contributed by atoms with van der Waals surface area (Å²) in [6, 6.07) is 14.2. The Kier molecular flexibility index (Phi) is 4.98. The van der Waals surface area contributed by atoms with Crippen LogP contribution in [0.25, 0.3) is 0 Å². The lowest BCUT2D eigenvalue weighted by Gasteiger charge is -2.22. The fourth-order valence-electron chi connectivity index (χ4n) is 2.56. The molecule has 0 radical (unpaired) electrons. The normalized spacial score (nSPS) is 15.4. The molecule has 1 aliphatic rings. The van der Waals surface area contributed by atoms with Crippen LogP contribution in [0.15, 0.2) is 48.5 Å². The Labute approximate surface area is 133 Å². The number of carboxylic acids is 1. The van der Waals surface area contributed by atoms with Crippen LogP contribution in [0.4, 0.5) is 16.2 Å². The van der Waals surface area contributed by atoms with Crippen molar-refractivity contribution < 1.29 is 19.8 Å². The molecule has 3 rings (SSSR count). The molecule has 120 valence electrons. The molecule has 1 heterocycles. The minimum absolute atomic E-state index is 0.469. The number of carbonyl (C=O) groups excluding carboxylic acids is 1. The number of carboxylic acid groups (broad SMARTS) is 1. The monoisotopic (exact) mass is 314 g/mol. The Morgan fingerprint density at radius 3 is 2.22 bits per heavy atom. The van der Waals surface area contributed by atoms with Crippen LogP contribution in [0.2, 0.25) is 0 Å². The van der Waals surface area contributed by atoms with Crippen LogP contribution in [-0.4, -0.2) is 22.2 Å². The summed E-state index contributed by atoms with van der Waals surface area (Å²) in [6.07, 6.45) is -0.168. The van der Waals surface area contributed by atoms with Gasteiger partial charge in [0.05, 0.1) is 17.5 Å². The van der Waals surface area contributed by atoms with Gasteiger partial charge in [-0.25, -0.2) is 4.79 Å². The second-order valence-electron chi connectivity index (χ2n) is 5.10. The first kappa shape index (κ1) is 16.5. The van der Waals surface area contributed by atoms with E-state index in [2.05, 4.69) is 0 Å². The lowest BCUT2D eigenvalue weighted by Crippen LogP contribution is -2.32. The molecular weight excluding hydrogens is 296 g/mol. The van der Waals surface area contributed by atoms with Crippen molar-refractivity contribution in [3.63, 3.8) is 0 Å². The number of nitrogens with zero attached hydrogens (tertiary/aromatic N) is 1. The molecule has 0 saturated carbocycles. The van der Waals surface area contributed by atoms with Crippen LogP contribution in [-0.2, 0) is 11.2 Å². The van der Waals surface area contributed by atoms with Crippen molar-refractivity contribution in [2.75, 3.05) is 4.90 Å². The number of hydrogen-bond donors (Lipinski definition) is 3. The third kappa shape index (κ3) is 3.67. The Morgan fingerprint density at radius 2 is 1.61 bits per heavy atom. The number of carbonyl (C=O) groups is 2. The zero-order valence-corrected chi connectivity index (χ0v) is 12.6. The quantitative estimate of drug-likeness (QED) is 0.695. The van der Waals surface area contributed by atoms with Crippen LogP contribution in [0.5, 0.6) is 0 Å². The lowest BCUT2D eigenvalue weighted by atomic mass is 10.0. The average molecular weight is 314 g/mol. The minimum Gasteiger partial charge on any atom is -0.481 e. The van der Waals surface area contributed by atoms with Crippen molar-refractivity contribution in [1.29, 1.82) is 0 Å². The highest BCUT2D eigenvalue weighted by atomic mass is 16.4. The van der Waals surface area contributed by atoms with Gasteiger partial charge in [-0.2, -0.15) is 0 Å². The fourth-order valence-corrected chi connectivity index (χ4v) is 2.56. The van der Waals surface area contributed by atoms with Crippen LogP contribution < -0.4 is 10.6 Å². The molecule has 1 atom stereocenters. The first-order valence-electron chi connectivity index (χ1n) is 7.05. The third-order valence-corrected chi connectivity index (χ3v) is 3.40. The zero-order chi connectivity index (χ0) is 17.0. The van der Waals surface area contributed by atoms with Gasteiger partial charge in [0, 0.05) is 18.9 Å². The van der Waals surface area contributed by atoms with Crippen LogP contribution >= 0.6 is 0 Å². The molecule has 6 nitrogen and oxygen atoms in total. The summed E-state index contributed by atoms with van der Waals surface area (Å²) < 4.78 is 0. The minimum atomic E-state index is -0.833. The highest BCUT2D eigenvalue weighted by molar-refractivity contribution is 6.00.